The molecule has 1 unspecified atom stereocenters. The Kier molecular flexibility index (Phi) is 6.12. The van der Waals surface area contributed by atoms with Crippen molar-refractivity contribution in [2.24, 2.45) is 11.7 Å². The summed E-state index contributed by atoms with van der Waals surface area (Å²) in [6.45, 7) is 2.37. The molecule has 1 amide bonds. The molecule has 0 aliphatic carbocycles. The van der Waals surface area contributed by atoms with E-state index < -0.39 is 0 Å². The first-order valence-electron chi connectivity index (χ1n) is 5.91. The van der Waals surface area contributed by atoms with Crippen LogP contribution >= 0.6 is 28.3 Å². The lowest BCUT2D eigenvalue weighted by molar-refractivity contribution is -0.129. The zero-order valence-corrected chi connectivity index (χ0v) is 12.5. The number of likely N-dealkylation sites (tertiary alicyclic amines) is 1. The zero-order valence-electron chi connectivity index (χ0n) is 10.1. The minimum Gasteiger partial charge on any atom is -0.342 e. The second-order valence-corrected chi connectivity index (χ2v) is 5.45. The number of amides is 1. The van der Waals surface area contributed by atoms with Gasteiger partial charge in [0.05, 0.1) is 6.42 Å². The van der Waals surface area contributed by atoms with Gasteiger partial charge in [-0.1, -0.05) is 28.1 Å². The fourth-order valence-electron chi connectivity index (χ4n) is 2.14. The van der Waals surface area contributed by atoms with Crippen molar-refractivity contribution in [3.8, 4) is 0 Å². The largest absolute Gasteiger partial charge is 0.342 e. The summed E-state index contributed by atoms with van der Waals surface area (Å²) in [6, 6.07) is 7.90. The minimum absolute atomic E-state index is 0. The highest BCUT2D eigenvalue weighted by Gasteiger charge is 2.24. The third kappa shape index (κ3) is 3.97. The van der Waals surface area contributed by atoms with E-state index in [9.17, 15) is 4.79 Å². The predicted molar refractivity (Wildman–Crippen MR) is 78.8 cm³/mol. The Morgan fingerprint density at radius 2 is 2.06 bits per heavy atom. The molecule has 1 aliphatic heterocycles. The molecular formula is C13H18BrClN2O. The molecule has 0 saturated carbocycles. The number of halogens is 2. The van der Waals surface area contributed by atoms with Gasteiger partial charge in [-0.3, -0.25) is 4.79 Å². The smallest absolute Gasteiger partial charge is 0.226 e. The van der Waals surface area contributed by atoms with E-state index in [1.54, 1.807) is 0 Å². The first-order chi connectivity index (χ1) is 8.19. The second kappa shape index (κ2) is 7.12. The van der Waals surface area contributed by atoms with E-state index in [1.165, 1.54) is 0 Å². The van der Waals surface area contributed by atoms with Crippen LogP contribution in [0.1, 0.15) is 12.0 Å². The van der Waals surface area contributed by atoms with Crippen LogP contribution in [0.4, 0.5) is 0 Å². The molecule has 1 saturated heterocycles. The molecule has 100 valence electrons. The molecule has 0 spiro atoms. The van der Waals surface area contributed by atoms with Gasteiger partial charge in [-0.05, 0) is 36.6 Å². The van der Waals surface area contributed by atoms with E-state index in [-0.39, 0.29) is 18.3 Å². The van der Waals surface area contributed by atoms with E-state index in [0.29, 0.717) is 18.9 Å². The van der Waals surface area contributed by atoms with Crippen LogP contribution in [0, 0.1) is 5.92 Å². The predicted octanol–water partition coefficient (Wildman–Crippen LogP) is 2.22. The van der Waals surface area contributed by atoms with E-state index in [1.807, 2.05) is 29.2 Å². The fraction of sp³-hybridized carbons (Fsp3) is 0.462. The van der Waals surface area contributed by atoms with Crippen LogP contribution in [0.2, 0.25) is 0 Å². The van der Waals surface area contributed by atoms with Crippen molar-refractivity contribution in [2.75, 3.05) is 19.6 Å². The van der Waals surface area contributed by atoms with Gasteiger partial charge < -0.3 is 10.6 Å². The number of carbonyl (C=O) groups excluding carboxylic acids is 1. The van der Waals surface area contributed by atoms with Crippen LogP contribution in [0.25, 0.3) is 0 Å². The fourth-order valence-corrected chi connectivity index (χ4v) is 2.40. The molecule has 0 radical (unpaired) electrons. The second-order valence-electron chi connectivity index (χ2n) is 4.53. The Morgan fingerprint density at radius 3 is 2.61 bits per heavy atom. The maximum Gasteiger partial charge on any atom is 0.226 e. The monoisotopic (exact) mass is 332 g/mol. The lowest BCUT2D eigenvalue weighted by Crippen LogP contribution is -2.31. The van der Waals surface area contributed by atoms with E-state index in [0.717, 1.165) is 29.5 Å². The normalized spacial score (nSPS) is 18.6. The number of nitrogens with zero attached hydrogens (tertiary/aromatic N) is 1. The molecule has 1 aromatic rings. The Hall–Kier alpha value is -0.580. The van der Waals surface area contributed by atoms with Crippen LogP contribution in [0.5, 0.6) is 0 Å². The lowest BCUT2D eigenvalue weighted by Gasteiger charge is -2.16. The maximum absolute atomic E-state index is 12.0. The molecule has 1 aromatic carbocycles. The van der Waals surface area contributed by atoms with Crippen molar-refractivity contribution in [1.82, 2.24) is 4.90 Å². The van der Waals surface area contributed by atoms with Gasteiger partial charge in [0.2, 0.25) is 5.91 Å². The molecule has 1 atom stereocenters. The molecule has 18 heavy (non-hydrogen) atoms. The topological polar surface area (TPSA) is 46.3 Å². The molecule has 2 rings (SSSR count). The Balaban J connectivity index is 0.00000162. The summed E-state index contributed by atoms with van der Waals surface area (Å²) in [5, 5.41) is 0. The van der Waals surface area contributed by atoms with Crippen LogP contribution < -0.4 is 5.73 Å². The lowest BCUT2D eigenvalue weighted by atomic mass is 10.1. The number of hydrogen-bond acceptors (Lipinski definition) is 2. The summed E-state index contributed by atoms with van der Waals surface area (Å²) in [4.78, 5) is 14.0. The first kappa shape index (κ1) is 15.5. The summed E-state index contributed by atoms with van der Waals surface area (Å²) in [5.74, 6) is 0.701. The van der Waals surface area contributed by atoms with Gasteiger partial charge in [0, 0.05) is 17.6 Å². The standard InChI is InChI=1S/C13H17BrN2O.ClH/c14-12-3-1-10(2-4-12)7-13(17)16-6-5-11(8-15)9-16;/h1-4,11H,5-9,15H2;1H. The number of nitrogens with two attached hydrogens (primary N) is 1. The molecule has 1 aliphatic rings. The van der Waals surface area contributed by atoms with Gasteiger partial charge in [0.25, 0.3) is 0 Å². The third-order valence-electron chi connectivity index (χ3n) is 3.24. The van der Waals surface area contributed by atoms with Gasteiger partial charge in [0.1, 0.15) is 0 Å². The van der Waals surface area contributed by atoms with Crippen LogP contribution in [0.15, 0.2) is 28.7 Å². The summed E-state index contributed by atoms with van der Waals surface area (Å²) in [7, 11) is 0. The van der Waals surface area contributed by atoms with Gasteiger partial charge in [-0.2, -0.15) is 0 Å². The highest BCUT2D eigenvalue weighted by molar-refractivity contribution is 9.10. The van der Waals surface area contributed by atoms with Crippen LogP contribution in [0.3, 0.4) is 0 Å². The first-order valence-corrected chi connectivity index (χ1v) is 6.70. The number of benzene rings is 1. The highest BCUT2D eigenvalue weighted by Crippen LogP contribution is 2.17. The van der Waals surface area contributed by atoms with E-state index in [4.69, 9.17) is 5.73 Å². The molecule has 0 aromatic heterocycles. The molecule has 5 heteroatoms. The number of carbonyl (C=O) groups is 1. The quantitative estimate of drug-likeness (QED) is 0.922. The average molecular weight is 334 g/mol. The Bertz CT molecular complexity index is 396. The SMILES string of the molecule is Cl.NCC1CCN(C(=O)Cc2ccc(Br)cc2)C1. The van der Waals surface area contributed by atoms with Crippen LogP contribution in [-0.4, -0.2) is 30.4 Å². The Morgan fingerprint density at radius 1 is 1.39 bits per heavy atom. The molecule has 2 N–H and O–H groups in total. The maximum atomic E-state index is 12.0. The van der Waals surface area contributed by atoms with E-state index in [2.05, 4.69) is 15.9 Å². The van der Waals surface area contributed by atoms with Gasteiger partial charge in [-0.25, -0.2) is 0 Å². The Labute approximate surface area is 122 Å². The summed E-state index contributed by atoms with van der Waals surface area (Å²) < 4.78 is 1.04. The van der Waals surface area contributed by atoms with Gasteiger partial charge in [0.15, 0.2) is 0 Å². The highest BCUT2D eigenvalue weighted by atomic mass is 79.9. The summed E-state index contributed by atoms with van der Waals surface area (Å²) in [6.07, 6.45) is 1.53. The number of hydrogen-bond donors (Lipinski definition) is 1. The molecule has 1 heterocycles. The average Bonchev–Trinajstić information content (AvgIpc) is 2.81. The van der Waals surface area contributed by atoms with Gasteiger partial charge >= 0.3 is 0 Å². The van der Waals surface area contributed by atoms with Crippen LogP contribution in [-0.2, 0) is 11.2 Å². The molecule has 1 fully saturated rings. The van der Waals surface area contributed by atoms with Crippen molar-refractivity contribution in [3.63, 3.8) is 0 Å². The van der Waals surface area contributed by atoms with Crippen molar-refractivity contribution < 1.29 is 4.79 Å². The third-order valence-corrected chi connectivity index (χ3v) is 3.77. The van der Waals surface area contributed by atoms with Crippen molar-refractivity contribution >= 4 is 34.2 Å². The molecule has 3 nitrogen and oxygen atoms in total. The van der Waals surface area contributed by atoms with Gasteiger partial charge in [-0.15, -0.1) is 12.4 Å². The molecular weight excluding hydrogens is 316 g/mol. The number of rotatable bonds is 3. The minimum atomic E-state index is 0. The van der Waals surface area contributed by atoms with E-state index >= 15 is 0 Å². The summed E-state index contributed by atoms with van der Waals surface area (Å²) >= 11 is 3.39. The van der Waals surface area contributed by atoms with Crippen molar-refractivity contribution in [1.29, 1.82) is 0 Å². The summed E-state index contributed by atoms with van der Waals surface area (Å²) in [5.41, 5.74) is 6.69. The van der Waals surface area contributed by atoms with Crippen molar-refractivity contribution in [2.45, 2.75) is 12.8 Å². The van der Waals surface area contributed by atoms with Crippen molar-refractivity contribution in [3.05, 3.63) is 34.3 Å². The molecule has 0 bridgehead atoms. The zero-order chi connectivity index (χ0) is 12.3.